The van der Waals surface area contributed by atoms with Gasteiger partial charge in [-0.1, -0.05) is 18.2 Å². The van der Waals surface area contributed by atoms with Crippen LogP contribution in [0.5, 0.6) is 5.75 Å². The minimum Gasteiger partial charge on any atom is -0.488 e. The van der Waals surface area contributed by atoms with Crippen LogP contribution in [0.3, 0.4) is 0 Å². The molecule has 3 aliphatic heterocycles. The normalized spacial score (nSPS) is 29.1. The summed E-state index contributed by atoms with van der Waals surface area (Å²) in [6.07, 6.45) is 3.51. The molecule has 0 saturated carbocycles. The van der Waals surface area contributed by atoms with Gasteiger partial charge in [0.25, 0.3) is 0 Å². The van der Waals surface area contributed by atoms with Crippen molar-refractivity contribution in [2.24, 2.45) is 10.4 Å². The molecule has 1 aromatic carbocycles. The van der Waals surface area contributed by atoms with E-state index in [1.54, 1.807) is 0 Å². The Hall–Kier alpha value is -1.75. The summed E-state index contributed by atoms with van der Waals surface area (Å²) in [7, 11) is 0. The topological polar surface area (TPSA) is 46.1 Å². The van der Waals surface area contributed by atoms with Crippen LogP contribution in [0.4, 0.5) is 0 Å². The summed E-state index contributed by atoms with van der Waals surface area (Å²) >= 11 is 0. The number of ether oxygens (including phenoxy) is 2. The molecule has 2 saturated heterocycles. The van der Waals surface area contributed by atoms with Crippen molar-refractivity contribution in [3.8, 4) is 5.75 Å². The second kappa shape index (κ2) is 6.63. The Balaban J connectivity index is 1.39. The molecule has 3 heterocycles. The fourth-order valence-electron chi connectivity index (χ4n) is 4.06. The van der Waals surface area contributed by atoms with Crippen LogP contribution in [0.2, 0.25) is 0 Å². The number of nitrogens with zero attached hydrogens (tertiary/aromatic N) is 2. The molecular weight excluding hydrogens is 302 g/mol. The van der Waals surface area contributed by atoms with Crippen molar-refractivity contribution in [1.29, 1.82) is 0 Å². The Morgan fingerprint density at radius 1 is 1.38 bits per heavy atom. The van der Waals surface area contributed by atoms with Crippen LogP contribution in [0, 0.1) is 5.41 Å². The number of guanidine groups is 1. The summed E-state index contributed by atoms with van der Waals surface area (Å²) in [5.41, 5.74) is 1.65. The van der Waals surface area contributed by atoms with Crippen molar-refractivity contribution < 1.29 is 9.47 Å². The first kappa shape index (κ1) is 15.8. The number of fused-ring (bicyclic) bond motifs is 1. The van der Waals surface area contributed by atoms with Gasteiger partial charge in [0, 0.05) is 38.1 Å². The summed E-state index contributed by atoms with van der Waals surface area (Å²) < 4.78 is 11.7. The summed E-state index contributed by atoms with van der Waals surface area (Å²) in [6, 6.07) is 8.30. The smallest absolute Gasteiger partial charge is 0.194 e. The molecule has 5 nitrogen and oxygen atoms in total. The van der Waals surface area contributed by atoms with Gasteiger partial charge < -0.3 is 19.7 Å². The van der Waals surface area contributed by atoms with Crippen LogP contribution >= 0.6 is 0 Å². The monoisotopic (exact) mass is 329 g/mol. The average molecular weight is 329 g/mol. The van der Waals surface area contributed by atoms with Gasteiger partial charge in [-0.25, -0.2) is 4.99 Å². The predicted octanol–water partition coefficient (Wildman–Crippen LogP) is 2.07. The molecule has 0 amide bonds. The molecule has 3 aliphatic rings. The lowest BCUT2D eigenvalue weighted by atomic mass is 9.87. The van der Waals surface area contributed by atoms with Gasteiger partial charge in [0.2, 0.25) is 0 Å². The van der Waals surface area contributed by atoms with Crippen LogP contribution < -0.4 is 10.1 Å². The van der Waals surface area contributed by atoms with E-state index < -0.39 is 0 Å². The van der Waals surface area contributed by atoms with Gasteiger partial charge in [-0.2, -0.15) is 0 Å². The summed E-state index contributed by atoms with van der Waals surface area (Å²) in [4.78, 5) is 7.28. The van der Waals surface area contributed by atoms with E-state index >= 15 is 0 Å². The summed E-state index contributed by atoms with van der Waals surface area (Å²) in [5, 5.41) is 3.46. The first-order chi connectivity index (χ1) is 11.8. The molecule has 0 aromatic heterocycles. The largest absolute Gasteiger partial charge is 0.488 e. The zero-order valence-electron chi connectivity index (χ0n) is 14.5. The first-order valence-electron chi connectivity index (χ1n) is 9.14. The number of nitrogens with one attached hydrogen (secondary N) is 1. The number of hydrogen-bond acceptors (Lipinski definition) is 3. The summed E-state index contributed by atoms with van der Waals surface area (Å²) in [5.74, 6) is 2.05. The van der Waals surface area contributed by atoms with E-state index in [2.05, 4.69) is 35.3 Å². The van der Waals surface area contributed by atoms with Gasteiger partial charge in [-0.3, -0.25) is 0 Å². The van der Waals surface area contributed by atoms with Crippen molar-refractivity contribution in [2.75, 3.05) is 39.4 Å². The van der Waals surface area contributed by atoms with E-state index in [1.807, 2.05) is 6.07 Å². The van der Waals surface area contributed by atoms with E-state index in [0.29, 0.717) is 12.0 Å². The number of para-hydroxylation sites is 1. The van der Waals surface area contributed by atoms with Crippen LogP contribution in [0.15, 0.2) is 29.3 Å². The van der Waals surface area contributed by atoms with Crippen LogP contribution in [0.25, 0.3) is 0 Å². The minimum atomic E-state index is 0.155. The molecule has 4 rings (SSSR count). The molecule has 0 bridgehead atoms. The van der Waals surface area contributed by atoms with E-state index in [1.165, 1.54) is 18.4 Å². The first-order valence-corrected chi connectivity index (χ1v) is 9.14. The molecule has 5 heteroatoms. The number of hydrogen-bond donors (Lipinski definition) is 1. The molecule has 2 unspecified atom stereocenters. The highest BCUT2D eigenvalue weighted by molar-refractivity contribution is 5.80. The lowest BCUT2D eigenvalue weighted by Crippen LogP contribution is -2.42. The van der Waals surface area contributed by atoms with Crippen molar-refractivity contribution in [2.45, 2.75) is 32.3 Å². The van der Waals surface area contributed by atoms with Crippen LogP contribution in [-0.2, 0) is 11.2 Å². The highest BCUT2D eigenvalue weighted by atomic mass is 16.5. The molecule has 2 atom stereocenters. The number of benzene rings is 1. The Kier molecular flexibility index (Phi) is 4.35. The number of rotatable bonds is 3. The Labute approximate surface area is 144 Å². The maximum atomic E-state index is 6.02. The molecular formula is C19H27N3O2. The number of likely N-dealkylation sites (tertiary alicyclic amines) is 1. The van der Waals surface area contributed by atoms with Gasteiger partial charge in [0.15, 0.2) is 5.96 Å². The van der Waals surface area contributed by atoms with E-state index in [0.717, 1.165) is 51.0 Å². The van der Waals surface area contributed by atoms with Crippen LogP contribution in [-0.4, -0.2) is 56.4 Å². The Morgan fingerprint density at radius 3 is 3.08 bits per heavy atom. The second-order valence-electron chi connectivity index (χ2n) is 7.22. The van der Waals surface area contributed by atoms with Gasteiger partial charge in [0.1, 0.15) is 11.9 Å². The lowest BCUT2D eigenvalue weighted by Gasteiger charge is -2.25. The fraction of sp³-hybridized carbons (Fsp3) is 0.632. The third-order valence-electron chi connectivity index (χ3n) is 5.42. The van der Waals surface area contributed by atoms with E-state index in [-0.39, 0.29) is 6.10 Å². The zero-order chi connectivity index (χ0) is 16.4. The third-order valence-corrected chi connectivity index (χ3v) is 5.42. The standard InChI is InChI=1S/C19H27N3O2/c1-2-20-18(22-9-7-19(13-22)8-10-23-14-19)21-12-16-11-15-5-3-4-6-17(15)24-16/h3-6,16H,2,7-14H2,1H3,(H,20,21). The van der Waals surface area contributed by atoms with Gasteiger partial charge >= 0.3 is 0 Å². The molecule has 0 radical (unpaired) electrons. The molecule has 2 fully saturated rings. The SMILES string of the molecule is CCNC(=NCC1Cc2ccccc2O1)N1CCC2(CCOC2)C1. The Morgan fingerprint density at radius 2 is 2.29 bits per heavy atom. The van der Waals surface area contributed by atoms with Crippen LogP contribution in [0.1, 0.15) is 25.3 Å². The van der Waals surface area contributed by atoms with E-state index in [4.69, 9.17) is 14.5 Å². The highest BCUT2D eigenvalue weighted by Gasteiger charge is 2.42. The summed E-state index contributed by atoms with van der Waals surface area (Å²) in [6.45, 7) is 7.68. The van der Waals surface area contributed by atoms with Crippen molar-refractivity contribution in [1.82, 2.24) is 10.2 Å². The van der Waals surface area contributed by atoms with Gasteiger partial charge in [-0.15, -0.1) is 0 Å². The van der Waals surface area contributed by atoms with Crippen molar-refractivity contribution in [3.63, 3.8) is 0 Å². The molecule has 1 spiro atoms. The number of aliphatic imine (C=N–C) groups is 1. The fourth-order valence-corrected chi connectivity index (χ4v) is 4.06. The molecule has 1 aromatic rings. The maximum absolute atomic E-state index is 6.02. The second-order valence-corrected chi connectivity index (χ2v) is 7.22. The van der Waals surface area contributed by atoms with E-state index in [9.17, 15) is 0 Å². The average Bonchev–Trinajstić information content (AvgIpc) is 3.32. The zero-order valence-corrected chi connectivity index (χ0v) is 14.5. The quantitative estimate of drug-likeness (QED) is 0.681. The maximum Gasteiger partial charge on any atom is 0.194 e. The highest BCUT2D eigenvalue weighted by Crippen LogP contribution is 2.38. The molecule has 1 N–H and O–H groups in total. The Bertz CT molecular complexity index is 585. The molecule has 130 valence electrons. The third kappa shape index (κ3) is 3.09. The minimum absolute atomic E-state index is 0.155. The molecule has 0 aliphatic carbocycles. The predicted molar refractivity (Wildman–Crippen MR) is 94.6 cm³/mol. The lowest BCUT2D eigenvalue weighted by molar-refractivity contribution is 0.156. The van der Waals surface area contributed by atoms with Gasteiger partial charge in [0.05, 0.1) is 13.2 Å². The van der Waals surface area contributed by atoms with Crippen molar-refractivity contribution in [3.05, 3.63) is 29.8 Å². The molecule has 24 heavy (non-hydrogen) atoms. The van der Waals surface area contributed by atoms with Gasteiger partial charge in [-0.05, 0) is 31.4 Å². The van der Waals surface area contributed by atoms with Crippen molar-refractivity contribution >= 4 is 5.96 Å².